The molecule has 0 amide bonds. The van der Waals surface area contributed by atoms with E-state index in [1.807, 2.05) is 0 Å². The molecule has 0 aromatic rings. The van der Waals surface area contributed by atoms with Gasteiger partial charge in [0.15, 0.2) is 11.5 Å². The number of allylic oxidation sites excluding steroid dienone is 4. The average Bonchev–Trinajstić information content (AvgIpc) is 3.14. The quantitative estimate of drug-likeness (QED) is 0.456. The number of hydrogen-bond donors (Lipinski definition) is 1. The van der Waals surface area contributed by atoms with Crippen molar-refractivity contribution in [2.75, 3.05) is 14.0 Å². The zero-order chi connectivity index (χ0) is 30.0. The highest BCUT2D eigenvalue weighted by Crippen LogP contribution is 2.71. The molecule has 0 saturated heterocycles. The molecule has 5 aliphatic rings. The van der Waals surface area contributed by atoms with Crippen molar-refractivity contribution in [3.63, 3.8) is 0 Å². The largest absolute Gasteiger partial charge is 0.509 e. The van der Waals surface area contributed by atoms with E-state index in [0.717, 1.165) is 18.9 Å². The molecular weight excluding hydrogens is 545 g/mol. The van der Waals surface area contributed by atoms with Crippen LogP contribution in [-0.4, -0.2) is 72.7 Å². The second kappa shape index (κ2) is 10.4. The van der Waals surface area contributed by atoms with Gasteiger partial charge in [0.1, 0.15) is 12.3 Å². The van der Waals surface area contributed by atoms with Gasteiger partial charge < -0.3 is 24.1 Å². The lowest BCUT2D eigenvalue weighted by Gasteiger charge is -2.62. The lowest BCUT2D eigenvalue weighted by Crippen LogP contribution is -2.71. The Labute approximate surface area is 237 Å². The number of alkyl halides is 3. The molecule has 41 heavy (non-hydrogen) atoms. The first-order chi connectivity index (χ1) is 19.3. The summed E-state index contributed by atoms with van der Waals surface area (Å²) in [6.07, 6.45) is 0.319. The minimum Gasteiger partial charge on any atom is -0.431 e. The summed E-state index contributed by atoms with van der Waals surface area (Å²) in [7, 11) is 1.51. The van der Waals surface area contributed by atoms with Gasteiger partial charge in [-0.05, 0) is 69.1 Å². The third kappa shape index (κ3) is 4.12. The minimum absolute atomic E-state index is 0.0273. The van der Waals surface area contributed by atoms with Gasteiger partial charge in [0.05, 0.1) is 12.2 Å². The second-order valence-electron chi connectivity index (χ2n) is 12.8. The number of aliphatic hydroxyl groups excluding tert-OH is 1. The standard InChI is InChI=1S/C30H39F3O8/c1-16-11-18-19-13-21(32)20-12-17(34)9-10-27(20,2)29(19,33)24(35)14-28(18,3)30(16,25(36)39-15-31)41-26(37)40-23-8-6-5-7-22(23)38-4/h9-10,12,16,18-19,21-24,35H,5-8,11,13-15H2,1-4H3/t16-,18+,19+,21+,22-,23-,24+,27+,28+,29?,30-/m1/s1. The zero-order valence-corrected chi connectivity index (χ0v) is 23.9. The Hall–Kier alpha value is -2.40. The molecule has 228 valence electrons. The summed E-state index contributed by atoms with van der Waals surface area (Å²) in [6, 6.07) is 0. The van der Waals surface area contributed by atoms with Crippen molar-refractivity contribution in [3.05, 3.63) is 23.8 Å². The Bertz CT molecular complexity index is 1160. The molecule has 0 aromatic heterocycles. The maximum atomic E-state index is 17.5. The van der Waals surface area contributed by atoms with Crippen LogP contribution in [0.3, 0.4) is 0 Å². The van der Waals surface area contributed by atoms with E-state index in [4.69, 9.17) is 18.9 Å². The zero-order valence-electron chi connectivity index (χ0n) is 23.9. The highest BCUT2D eigenvalue weighted by molar-refractivity contribution is 6.01. The van der Waals surface area contributed by atoms with Crippen LogP contribution in [-0.2, 0) is 28.5 Å². The van der Waals surface area contributed by atoms with Gasteiger partial charge in [-0.25, -0.2) is 22.8 Å². The van der Waals surface area contributed by atoms with Crippen LogP contribution in [0.5, 0.6) is 0 Å². The minimum atomic E-state index is -2.39. The summed E-state index contributed by atoms with van der Waals surface area (Å²) in [5.74, 6) is -4.32. The van der Waals surface area contributed by atoms with E-state index in [-0.39, 0.29) is 30.9 Å². The molecule has 11 atom stereocenters. The number of ether oxygens (including phenoxy) is 4. The molecule has 5 rings (SSSR count). The number of esters is 1. The SMILES string of the molecule is CO[C@@H]1CCCC[C@H]1OC(=O)O[C@@]1(C(=O)OCF)[C@H](C)C[C@H]2[C@@H]3C[C@H](F)C4=CC(=O)C=C[C@]4(C)C3(F)[C@@H](O)C[C@@]21C. The highest BCUT2D eigenvalue weighted by Gasteiger charge is 2.79. The number of ketones is 1. The van der Waals surface area contributed by atoms with E-state index in [1.165, 1.54) is 26.2 Å². The molecule has 0 spiro atoms. The Morgan fingerprint density at radius 3 is 2.46 bits per heavy atom. The van der Waals surface area contributed by atoms with Crippen molar-refractivity contribution in [1.29, 1.82) is 0 Å². The highest BCUT2D eigenvalue weighted by atomic mass is 19.1. The van der Waals surface area contributed by atoms with Crippen LogP contribution in [0.25, 0.3) is 0 Å². The Morgan fingerprint density at radius 1 is 1.12 bits per heavy atom. The maximum absolute atomic E-state index is 17.5. The molecular formula is C30H39F3O8. The van der Waals surface area contributed by atoms with Gasteiger partial charge in [0.25, 0.3) is 0 Å². The Kier molecular flexibility index (Phi) is 7.63. The Balaban J connectivity index is 1.54. The lowest BCUT2D eigenvalue weighted by atomic mass is 9.44. The van der Waals surface area contributed by atoms with Crippen LogP contribution in [0.15, 0.2) is 23.8 Å². The van der Waals surface area contributed by atoms with Crippen molar-refractivity contribution in [2.24, 2.45) is 28.6 Å². The van der Waals surface area contributed by atoms with E-state index >= 15 is 8.78 Å². The van der Waals surface area contributed by atoms with Gasteiger partial charge in [-0.1, -0.05) is 26.3 Å². The number of aliphatic hydroxyl groups is 1. The molecule has 0 heterocycles. The summed E-state index contributed by atoms with van der Waals surface area (Å²) in [5.41, 5.74) is -7.64. The van der Waals surface area contributed by atoms with Crippen molar-refractivity contribution < 1.29 is 51.6 Å². The van der Waals surface area contributed by atoms with Gasteiger partial charge in [0.2, 0.25) is 12.5 Å². The lowest BCUT2D eigenvalue weighted by molar-refractivity contribution is -0.236. The first-order valence-electron chi connectivity index (χ1n) is 14.4. The van der Waals surface area contributed by atoms with Gasteiger partial charge in [-0.3, -0.25) is 4.79 Å². The maximum Gasteiger partial charge on any atom is 0.509 e. The van der Waals surface area contributed by atoms with Gasteiger partial charge >= 0.3 is 12.1 Å². The number of methoxy groups -OCH3 is 1. The fourth-order valence-electron chi connectivity index (χ4n) is 9.12. The van der Waals surface area contributed by atoms with E-state index in [1.54, 1.807) is 13.8 Å². The topological polar surface area (TPSA) is 108 Å². The van der Waals surface area contributed by atoms with E-state index in [9.17, 15) is 23.9 Å². The third-order valence-corrected chi connectivity index (χ3v) is 11.1. The van der Waals surface area contributed by atoms with Crippen LogP contribution in [0.2, 0.25) is 0 Å². The van der Waals surface area contributed by atoms with E-state index in [0.29, 0.717) is 12.8 Å². The first-order valence-corrected chi connectivity index (χ1v) is 14.4. The van der Waals surface area contributed by atoms with Gasteiger partial charge in [-0.2, -0.15) is 0 Å². The molecule has 0 radical (unpaired) electrons. The molecule has 1 N–H and O–H groups in total. The molecule has 8 nitrogen and oxygen atoms in total. The predicted molar refractivity (Wildman–Crippen MR) is 139 cm³/mol. The van der Waals surface area contributed by atoms with E-state index < -0.39 is 83.0 Å². The van der Waals surface area contributed by atoms with Crippen LogP contribution in [0, 0.1) is 28.6 Å². The fraction of sp³-hybridized carbons (Fsp3) is 0.767. The summed E-state index contributed by atoms with van der Waals surface area (Å²) in [4.78, 5) is 39.0. The number of carbonyl (C=O) groups excluding carboxylic acids is 3. The molecule has 0 bridgehead atoms. The Morgan fingerprint density at radius 2 is 1.80 bits per heavy atom. The normalized spacial score (nSPS) is 47.0. The summed E-state index contributed by atoms with van der Waals surface area (Å²) >= 11 is 0. The number of halogens is 3. The summed E-state index contributed by atoms with van der Waals surface area (Å²) in [5, 5.41) is 11.6. The van der Waals surface area contributed by atoms with Crippen LogP contribution >= 0.6 is 0 Å². The molecule has 0 aromatic carbocycles. The average molecular weight is 585 g/mol. The van der Waals surface area contributed by atoms with Crippen LogP contribution in [0.4, 0.5) is 18.0 Å². The molecule has 1 unspecified atom stereocenters. The molecule has 0 aliphatic heterocycles. The van der Waals surface area contributed by atoms with Crippen molar-refractivity contribution >= 4 is 17.9 Å². The smallest absolute Gasteiger partial charge is 0.431 e. The predicted octanol–water partition coefficient (Wildman–Crippen LogP) is 4.87. The third-order valence-electron chi connectivity index (χ3n) is 11.1. The molecule has 11 heteroatoms. The fourth-order valence-corrected chi connectivity index (χ4v) is 9.12. The molecule has 4 fully saturated rings. The van der Waals surface area contributed by atoms with Gasteiger partial charge in [-0.15, -0.1) is 0 Å². The molecule has 4 saturated carbocycles. The number of carbonyl (C=O) groups is 3. The van der Waals surface area contributed by atoms with Gasteiger partial charge in [0, 0.05) is 29.8 Å². The summed E-state index contributed by atoms with van der Waals surface area (Å²) in [6.45, 7) is 3.18. The van der Waals surface area contributed by atoms with Crippen molar-refractivity contribution in [1.82, 2.24) is 0 Å². The second-order valence-corrected chi connectivity index (χ2v) is 12.8. The number of rotatable bonds is 5. The first kappa shape index (κ1) is 30.1. The van der Waals surface area contributed by atoms with Crippen molar-refractivity contribution in [3.8, 4) is 0 Å². The summed E-state index contributed by atoms with van der Waals surface area (Å²) < 4.78 is 68.4. The van der Waals surface area contributed by atoms with Crippen LogP contribution in [0.1, 0.15) is 65.7 Å². The van der Waals surface area contributed by atoms with Crippen LogP contribution < -0.4 is 0 Å². The van der Waals surface area contributed by atoms with Crippen molar-refractivity contribution in [2.45, 2.75) is 101 Å². The number of fused-ring (bicyclic) bond motifs is 5. The van der Waals surface area contributed by atoms with E-state index in [2.05, 4.69) is 0 Å². The monoisotopic (exact) mass is 584 g/mol. The molecule has 5 aliphatic carbocycles. The number of hydrogen-bond acceptors (Lipinski definition) is 8.